The van der Waals surface area contributed by atoms with Crippen LogP contribution in [0.3, 0.4) is 0 Å². The van der Waals surface area contributed by atoms with Crippen molar-refractivity contribution in [3.8, 4) is 17.0 Å². The highest BCUT2D eigenvalue weighted by molar-refractivity contribution is 7.16. The molecule has 0 aliphatic rings. The first-order valence-corrected chi connectivity index (χ1v) is 9.57. The summed E-state index contributed by atoms with van der Waals surface area (Å²) in [5.41, 5.74) is 7.24. The van der Waals surface area contributed by atoms with E-state index in [0.29, 0.717) is 6.54 Å². The molecule has 0 atom stereocenters. The van der Waals surface area contributed by atoms with E-state index in [1.165, 1.54) is 11.1 Å². The highest BCUT2D eigenvalue weighted by atomic mass is 32.1. The van der Waals surface area contributed by atoms with Gasteiger partial charge >= 0.3 is 0 Å². The number of methoxy groups -OCH3 is 1. The van der Waals surface area contributed by atoms with Crippen LogP contribution in [0.4, 0.5) is 5.82 Å². The number of rotatable bonds is 5. The smallest absolute Gasteiger partial charge is 0.130 e. The van der Waals surface area contributed by atoms with E-state index in [0.717, 1.165) is 38.9 Å². The van der Waals surface area contributed by atoms with Crippen molar-refractivity contribution in [3.63, 3.8) is 0 Å². The highest BCUT2D eigenvalue weighted by Crippen LogP contribution is 2.26. The van der Waals surface area contributed by atoms with Crippen LogP contribution in [0, 0.1) is 13.8 Å². The Morgan fingerprint density at radius 1 is 1.04 bits per heavy atom. The van der Waals surface area contributed by atoms with E-state index in [2.05, 4.69) is 51.5 Å². The molecule has 0 saturated heterocycles. The number of hydrogen-bond donors (Lipinski definition) is 1. The van der Waals surface area contributed by atoms with E-state index in [-0.39, 0.29) is 0 Å². The molecule has 0 bridgehead atoms. The van der Waals surface area contributed by atoms with E-state index < -0.39 is 0 Å². The second kappa shape index (κ2) is 7.32. The topological polar surface area (TPSA) is 59.9 Å². The third-order valence-electron chi connectivity index (χ3n) is 4.48. The van der Waals surface area contributed by atoms with Gasteiger partial charge in [0.25, 0.3) is 0 Å². The molecule has 0 amide bonds. The average molecular weight is 376 g/mol. The maximum Gasteiger partial charge on any atom is 0.130 e. The number of fused-ring (bicyclic) bond motifs is 1. The molecule has 2 aromatic carbocycles. The number of ether oxygens (including phenoxy) is 1. The average Bonchev–Trinajstić information content (AvgIpc) is 3.15. The fourth-order valence-corrected chi connectivity index (χ4v) is 3.69. The normalized spacial score (nSPS) is 10.9. The Hall–Kier alpha value is -2.99. The van der Waals surface area contributed by atoms with Crippen molar-refractivity contribution in [2.45, 2.75) is 20.4 Å². The lowest BCUT2D eigenvalue weighted by Crippen LogP contribution is -2.05. The largest absolute Gasteiger partial charge is 0.497 e. The summed E-state index contributed by atoms with van der Waals surface area (Å²) in [6.07, 6.45) is 0. The van der Waals surface area contributed by atoms with Crippen LogP contribution >= 0.6 is 11.3 Å². The summed E-state index contributed by atoms with van der Waals surface area (Å²) >= 11 is 1.64. The van der Waals surface area contributed by atoms with Crippen molar-refractivity contribution in [1.29, 1.82) is 0 Å². The van der Waals surface area contributed by atoms with E-state index >= 15 is 0 Å². The Balaban J connectivity index is 1.61. The summed E-state index contributed by atoms with van der Waals surface area (Å²) in [5, 5.41) is 3.42. The molecule has 0 fully saturated rings. The third-order valence-corrected chi connectivity index (χ3v) is 5.27. The summed E-state index contributed by atoms with van der Waals surface area (Å²) in [7, 11) is 1.68. The SMILES string of the molecule is COc1ccc(C)c(CNc2cc(-c3ccc4ncsc4c3)nc(C)n2)c1. The summed E-state index contributed by atoms with van der Waals surface area (Å²) < 4.78 is 6.49. The van der Waals surface area contributed by atoms with Crippen LogP contribution < -0.4 is 10.1 Å². The van der Waals surface area contributed by atoms with Crippen LogP contribution in [-0.4, -0.2) is 22.1 Å². The molecule has 136 valence electrons. The molecule has 0 aliphatic heterocycles. The van der Waals surface area contributed by atoms with Crippen LogP contribution in [0.1, 0.15) is 17.0 Å². The Morgan fingerprint density at radius 2 is 1.93 bits per heavy atom. The minimum absolute atomic E-state index is 0.673. The molecule has 4 aromatic rings. The van der Waals surface area contributed by atoms with Crippen LogP contribution in [0.5, 0.6) is 5.75 Å². The van der Waals surface area contributed by atoms with E-state index in [1.54, 1.807) is 18.4 Å². The Morgan fingerprint density at radius 3 is 2.78 bits per heavy atom. The van der Waals surface area contributed by atoms with Gasteiger partial charge in [-0.05, 0) is 49.2 Å². The molecule has 0 spiro atoms. The third kappa shape index (κ3) is 3.75. The number of aryl methyl sites for hydroxylation is 2. The molecule has 0 radical (unpaired) electrons. The van der Waals surface area contributed by atoms with Crippen molar-refractivity contribution in [1.82, 2.24) is 15.0 Å². The van der Waals surface area contributed by atoms with Gasteiger partial charge in [-0.1, -0.05) is 12.1 Å². The number of nitrogens with zero attached hydrogens (tertiary/aromatic N) is 3. The lowest BCUT2D eigenvalue weighted by molar-refractivity contribution is 0.414. The molecule has 1 N–H and O–H groups in total. The number of aromatic nitrogens is 3. The van der Waals surface area contributed by atoms with Crippen molar-refractivity contribution in [3.05, 3.63) is 64.9 Å². The van der Waals surface area contributed by atoms with Crippen molar-refractivity contribution in [2.24, 2.45) is 0 Å². The Labute approximate surface area is 162 Å². The molecular formula is C21H20N4OS. The molecule has 6 heteroatoms. The Bertz CT molecular complexity index is 1110. The molecule has 5 nitrogen and oxygen atoms in total. The number of hydrogen-bond acceptors (Lipinski definition) is 6. The zero-order valence-corrected chi connectivity index (χ0v) is 16.3. The summed E-state index contributed by atoms with van der Waals surface area (Å²) in [6, 6.07) is 14.3. The van der Waals surface area contributed by atoms with Gasteiger partial charge in [-0.25, -0.2) is 15.0 Å². The minimum atomic E-state index is 0.673. The lowest BCUT2D eigenvalue weighted by atomic mass is 10.1. The zero-order valence-electron chi connectivity index (χ0n) is 15.5. The van der Waals surface area contributed by atoms with Crippen LogP contribution in [0.25, 0.3) is 21.5 Å². The van der Waals surface area contributed by atoms with Crippen molar-refractivity contribution in [2.75, 3.05) is 12.4 Å². The first-order valence-electron chi connectivity index (χ1n) is 8.69. The van der Waals surface area contributed by atoms with E-state index in [1.807, 2.05) is 30.6 Å². The standard InChI is InChI=1S/C21H20N4OS/c1-13-4-6-17(26-3)8-16(13)11-22-21-10-19(24-14(2)25-21)15-5-7-18-20(9-15)27-12-23-18/h4-10,12H,11H2,1-3H3,(H,22,24,25). The molecule has 4 rings (SSSR count). The monoisotopic (exact) mass is 376 g/mol. The molecular weight excluding hydrogens is 356 g/mol. The van der Waals surface area contributed by atoms with Gasteiger partial charge < -0.3 is 10.1 Å². The summed E-state index contributed by atoms with van der Waals surface area (Å²) in [6.45, 7) is 4.68. The number of benzene rings is 2. The number of nitrogens with one attached hydrogen (secondary N) is 1. The first kappa shape index (κ1) is 17.4. The summed E-state index contributed by atoms with van der Waals surface area (Å²) in [4.78, 5) is 13.5. The highest BCUT2D eigenvalue weighted by Gasteiger charge is 2.08. The lowest BCUT2D eigenvalue weighted by Gasteiger charge is -2.12. The molecule has 2 aromatic heterocycles. The molecule has 2 heterocycles. The molecule has 27 heavy (non-hydrogen) atoms. The maximum absolute atomic E-state index is 5.33. The number of thiazole rings is 1. The molecule has 0 unspecified atom stereocenters. The first-order chi connectivity index (χ1) is 13.1. The van der Waals surface area contributed by atoms with Crippen LogP contribution in [0.2, 0.25) is 0 Å². The van der Waals surface area contributed by atoms with Gasteiger partial charge in [0.1, 0.15) is 17.4 Å². The minimum Gasteiger partial charge on any atom is -0.497 e. The van der Waals surface area contributed by atoms with Crippen molar-refractivity contribution < 1.29 is 4.74 Å². The maximum atomic E-state index is 5.33. The predicted octanol–water partition coefficient (Wildman–Crippen LogP) is 4.99. The molecule has 0 saturated carbocycles. The van der Waals surface area contributed by atoms with E-state index in [4.69, 9.17) is 4.74 Å². The fraction of sp³-hybridized carbons (Fsp3) is 0.190. The second-order valence-electron chi connectivity index (χ2n) is 6.37. The van der Waals surface area contributed by atoms with Gasteiger partial charge in [-0.2, -0.15) is 0 Å². The van der Waals surface area contributed by atoms with Crippen molar-refractivity contribution >= 4 is 27.4 Å². The number of anilines is 1. The van der Waals surface area contributed by atoms with E-state index in [9.17, 15) is 0 Å². The fourth-order valence-electron chi connectivity index (χ4n) is 2.97. The quantitative estimate of drug-likeness (QED) is 0.532. The Kier molecular flexibility index (Phi) is 4.73. The second-order valence-corrected chi connectivity index (χ2v) is 7.25. The van der Waals surface area contributed by atoms with Crippen LogP contribution in [0.15, 0.2) is 48.0 Å². The van der Waals surface area contributed by atoms with Gasteiger partial charge in [-0.15, -0.1) is 11.3 Å². The van der Waals surface area contributed by atoms with Gasteiger partial charge in [0, 0.05) is 18.2 Å². The molecule has 0 aliphatic carbocycles. The van der Waals surface area contributed by atoms with Gasteiger partial charge in [0.2, 0.25) is 0 Å². The summed E-state index contributed by atoms with van der Waals surface area (Å²) in [5.74, 6) is 2.40. The van der Waals surface area contributed by atoms with Gasteiger partial charge in [0.15, 0.2) is 0 Å². The zero-order chi connectivity index (χ0) is 18.8. The predicted molar refractivity (Wildman–Crippen MR) is 110 cm³/mol. The van der Waals surface area contributed by atoms with Gasteiger partial charge in [-0.3, -0.25) is 0 Å². The van der Waals surface area contributed by atoms with Crippen LogP contribution in [-0.2, 0) is 6.54 Å². The van der Waals surface area contributed by atoms with Gasteiger partial charge in [0.05, 0.1) is 28.5 Å².